The summed E-state index contributed by atoms with van der Waals surface area (Å²) in [5, 5.41) is 0. The number of rotatable bonds is 2. The van der Waals surface area contributed by atoms with Crippen molar-refractivity contribution in [2.24, 2.45) is 51.2 Å². The fourth-order valence-corrected chi connectivity index (χ4v) is 10.7. The maximum atomic E-state index is 12.9. The lowest BCUT2D eigenvalue weighted by molar-refractivity contribution is -0.205. The summed E-state index contributed by atoms with van der Waals surface area (Å²) in [6, 6.07) is 0. The number of fused-ring (bicyclic) bond motifs is 5. The molecule has 9 atom stereocenters. The molecule has 0 N–H and O–H groups in total. The van der Waals surface area contributed by atoms with E-state index in [1.165, 1.54) is 51.4 Å². The lowest BCUT2D eigenvalue weighted by atomic mass is 9.35. The highest BCUT2D eigenvalue weighted by Crippen LogP contribution is 2.75. The fourth-order valence-electron chi connectivity index (χ4n) is 10.7. The predicted octanol–water partition coefficient (Wildman–Crippen LogP) is 7.83. The van der Waals surface area contributed by atoms with Gasteiger partial charge in [0.1, 0.15) is 5.78 Å². The van der Waals surface area contributed by atoms with E-state index in [2.05, 4.69) is 55.4 Å². The molecule has 0 aromatic rings. The molecule has 5 fully saturated rings. The average molecular weight is 443 g/mol. The van der Waals surface area contributed by atoms with Gasteiger partial charge in [-0.25, -0.2) is 0 Å². The Morgan fingerprint density at radius 2 is 1.47 bits per heavy atom. The molecule has 182 valence electrons. The van der Waals surface area contributed by atoms with E-state index in [9.17, 15) is 4.79 Å². The molecule has 5 rings (SSSR count). The summed E-state index contributed by atoms with van der Waals surface area (Å²) in [6.07, 6.45) is 13.0. The molecular weight excluding hydrogens is 392 g/mol. The molecule has 0 amide bonds. The standard InChI is InChI=1S/C30H50O2/c1-19(2)30(8)18-12-22(32-30)20-11-16-28(6)21(20)9-10-24-27(5)15-14-25(31)26(3,4)23(27)13-17-29(24,28)7/h19-24H,9-18H2,1-8H3/t20-,21+,22+,23-,24-,27-,28+,29+,30+/m0/s1. The molecule has 4 saturated carbocycles. The number of hydrogen-bond donors (Lipinski definition) is 0. The van der Waals surface area contributed by atoms with Crippen molar-refractivity contribution in [2.45, 2.75) is 131 Å². The maximum Gasteiger partial charge on any atom is 0.138 e. The largest absolute Gasteiger partial charge is 0.371 e. The van der Waals surface area contributed by atoms with Crippen molar-refractivity contribution in [3.8, 4) is 0 Å². The van der Waals surface area contributed by atoms with E-state index >= 15 is 0 Å². The minimum absolute atomic E-state index is 0.0799. The first-order chi connectivity index (χ1) is 14.8. The van der Waals surface area contributed by atoms with Crippen molar-refractivity contribution in [3.63, 3.8) is 0 Å². The molecule has 1 saturated heterocycles. The van der Waals surface area contributed by atoms with Gasteiger partial charge in [-0.1, -0.05) is 48.5 Å². The quantitative estimate of drug-likeness (QED) is 0.435. The monoisotopic (exact) mass is 442 g/mol. The van der Waals surface area contributed by atoms with Gasteiger partial charge in [0.15, 0.2) is 0 Å². The second-order valence-electron chi connectivity index (χ2n) is 14.7. The van der Waals surface area contributed by atoms with Gasteiger partial charge >= 0.3 is 0 Å². The van der Waals surface area contributed by atoms with Gasteiger partial charge in [-0.05, 0) is 111 Å². The van der Waals surface area contributed by atoms with Crippen LogP contribution in [0.2, 0.25) is 0 Å². The summed E-state index contributed by atoms with van der Waals surface area (Å²) in [5.74, 6) is 4.04. The summed E-state index contributed by atoms with van der Waals surface area (Å²) in [7, 11) is 0. The zero-order valence-corrected chi connectivity index (χ0v) is 22.4. The van der Waals surface area contributed by atoms with E-state index in [1.807, 2.05) is 0 Å². The van der Waals surface area contributed by atoms with E-state index < -0.39 is 0 Å². The minimum atomic E-state index is -0.136. The fraction of sp³-hybridized carbons (Fsp3) is 0.967. The Hall–Kier alpha value is -0.370. The van der Waals surface area contributed by atoms with E-state index in [0.717, 1.165) is 30.6 Å². The minimum Gasteiger partial charge on any atom is -0.371 e. The first-order valence-electron chi connectivity index (χ1n) is 14.0. The lowest BCUT2D eigenvalue weighted by Gasteiger charge is -2.69. The Labute approximate surface area is 198 Å². The summed E-state index contributed by atoms with van der Waals surface area (Å²) >= 11 is 0. The maximum absolute atomic E-state index is 12.9. The topological polar surface area (TPSA) is 26.3 Å². The molecule has 0 spiro atoms. The molecule has 0 bridgehead atoms. The van der Waals surface area contributed by atoms with E-state index in [4.69, 9.17) is 4.74 Å². The van der Waals surface area contributed by atoms with Crippen LogP contribution in [0.1, 0.15) is 120 Å². The zero-order chi connectivity index (χ0) is 23.3. The zero-order valence-electron chi connectivity index (χ0n) is 22.4. The van der Waals surface area contributed by atoms with Gasteiger partial charge in [-0.15, -0.1) is 0 Å². The van der Waals surface area contributed by atoms with Gasteiger partial charge < -0.3 is 4.74 Å². The van der Waals surface area contributed by atoms with Gasteiger partial charge in [-0.2, -0.15) is 0 Å². The van der Waals surface area contributed by atoms with Crippen molar-refractivity contribution in [1.29, 1.82) is 0 Å². The third kappa shape index (κ3) is 2.83. The van der Waals surface area contributed by atoms with Crippen LogP contribution in [0.15, 0.2) is 0 Å². The summed E-state index contributed by atoms with van der Waals surface area (Å²) < 4.78 is 6.86. The van der Waals surface area contributed by atoms with Crippen molar-refractivity contribution in [2.75, 3.05) is 0 Å². The third-order valence-electron chi connectivity index (χ3n) is 13.2. The van der Waals surface area contributed by atoms with Crippen LogP contribution in [-0.2, 0) is 9.53 Å². The van der Waals surface area contributed by atoms with Crippen LogP contribution in [-0.4, -0.2) is 17.5 Å². The molecule has 2 nitrogen and oxygen atoms in total. The van der Waals surface area contributed by atoms with Crippen LogP contribution in [0.4, 0.5) is 0 Å². The Kier molecular flexibility index (Phi) is 5.17. The van der Waals surface area contributed by atoms with Gasteiger partial charge in [0.25, 0.3) is 0 Å². The molecule has 1 heterocycles. The first-order valence-corrected chi connectivity index (χ1v) is 14.0. The van der Waals surface area contributed by atoms with Gasteiger partial charge in [0.2, 0.25) is 0 Å². The molecular formula is C30H50O2. The Morgan fingerprint density at radius 1 is 0.781 bits per heavy atom. The molecule has 0 unspecified atom stereocenters. The van der Waals surface area contributed by atoms with Crippen LogP contribution in [0.25, 0.3) is 0 Å². The average Bonchev–Trinajstić information content (AvgIpc) is 3.27. The Bertz CT molecular complexity index is 784. The van der Waals surface area contributed by atoms with Gasteiger partial charge in [0.05, 0.1) is 11.7 Å². The second-order valence-corrected chi connectivity index (χ2v) is 14.7. The second kappa shape index (κ2) is 7.08. The number of carbonyl (C=O) groups is 1. The van der Waals surface area contributed by atoms with Gasteiger partial charge in [0, 0.05) is 11.8 Å². The van der Waals surface area contributed by atoms with Crippen LogP contribution in [0.3, 0.4) is 0 Å². The van der Waals surface area contributed by atoms with E-state index in [0.29, 0.717) is 40.0 Å². The molecule has 0 aromatic heterocycles. The number of carbonyl (C=O) groups excluding carboxylic acids is 1. The SMILES string of the molecule is CC(C)[C@@]1(C)CC[C@H]([C@H]2CC[C@]3(C)[C@@H]2CC[C@H]2[C@@]4(C)CCC(=O)C(C)(C)[C@@H]4CC[C@]23C)O1. The van der Waals surface area contributed by atoms with E-state index in [-0.39, 0.29) is 11.0 Å². The smallest absolute Gasteiger partial charge is 0.138 e. The van der Waals surface area contributed by atoms with Crippen molar-refractivity contribution >= 4 is 5.78 Å². The Morgan fingerprint density at radius 3 is 2.12 bits per heavy atom. The number of Topliss-reactive ketones (excluding diaryl/α,β-unsaturated/α-hetero) is 1. The highest BCUT2D eigenvalue weighted by Gasteiger charge is 2.69. The first kappa shape index (κ1) is 23.4. The molecule has 32 heavy (non-hydrogen) atoms. The molecule has 0 radical (unpaired) electrons. The van der Waals surface area contributed by atoms with Crippen LogP contribution in [0, 0.1) is 51.2 Å². The summed E-state index contributed by atoms with van der Waals surface area (Å²) in [6.45, 7) is 19.5. The predicted molar refractivity (Wildman–Crippen MR) is 131 cm³/mol. The van der Waals surface area contributed by atoms with Crippen LogP contribution in [0.5, 0.6) is 0 Å². The molecule has 4 aliphatic carbocycles. The molecule has 2 heteroatoms. The molecule has 5 aliphatic rings. The van der Waals surface area contributed by atoms with E-state index in [1.54, 1.807) is 0 Å². The van der Waals surface area contributed by atoms with Crippen molar-refractivity contribution < 1.29 is 9.53 Å². The molecule has 1 aliphatic heterocycles. The number of hydrogen-bond acceptors (Lipinski definition) is 2. The highest BCUT2D eigenvalue weighted by atomic mass is 16.5. The number of ketones is 1. The lowest BCUT2D eigenvalue weighted by Crippen LogP contribution is -2.63. The van der Waals surface area contributed by atoms with Crippen LogP contribution < -0.4 is 0 Å². The molecule has 0 aromatic carbocycles. The Balaban J connectivity index is 1.43. The normalized spacial score (nSPS) is 54.9. The number of ether oxygens (including phenoxy) is 1. The summed E-state index contributed by atoms with van der Waals surface area (Å²) in [5.41, 5.74) is 1.11. The van der Waals surface area contributed by atoms with Crippen LogP contribution >= 0.6 is 0 Å². The third-order valence-corrected chi connectivity index (χ3v) is 13.2. The van der Waals surface area contributed by atoms with Crippen molar-refractivity contribution in [3.05, 3.63) is 0 Å². The van der Waals surface area contributed by atoms with Gasteiger partial charge in [-0.3, -0.25) is 4.79 Å². The highest BCUT2D eigenvalue weighted by molar-refractivity contribution is 5.85. The van der Waals surface area contributed by atoms with Crippen molar-refractivity contribution in [1.82, 2.24) is 0 Å². The summed E-state index contributed by atoms with van der Waals surface area (Å²) in [4.78, 5) is 12.9.